The standard InChI is InChI=1S/C3H6N2O2/c1-2-7-5-3(4)6/h2H,1H2,(H3,4,5,6). The molecule has 0 aromatic heterocycles. The van der Waals surface area contributed by atoms with Gasteiger partial charge in [0.15, 0.2) is 0 Å². The van der Waals surface area contributed by atoms with Crippen LogP contribution in [0.1, 0.15) is 0 Å². The van der Waals surface area contributed by atoms with E-state index in [1.54, 1.807) is 0 Å². The molecule has 0 aromatic carbocycles. The van der Waals surface area contributed by atoms with E-state index in [1.807, 2.05) is 5.48 Å². The molecule has 0 unspecified atom stereocenters. The molecule has 0 spiro atoms. The number of nitrogens with two attached hydrogens (primary N) is 1. The van der Waals surface area contributed by atoms with Crippen molar-refractivity contribution in [3.63, 3.8) is 0 Å². The highest BCUT2D eigenvalue weighted by Gasteiger charge is 1.81. The predicted octanol–water partition coefficient (Wildman–Crippen LogP) is -0.270. The summed E-state index contributed by atoms with van der Waals surface area (Å²) in [5, 5.41) is 0. The summed E-state index contributed by atoms with van der Waals surface area (Å²) in [6.45, 7) is 3.14. The van der Waals surface area contributed by atoms with E-state index < -0.39 is 6.03 Å². The SMILES string of the molecule is C=CONC(N)=O. The second kappa shape index (κ2) is 3.02. The van der Waals surface area contributed by atoms with Gasteiger partial charge in [0.2, 0.25) is 0 Å². The molecule has 0 fully saturated rings. The van der Waals surface area contributed by atoms with Gasteiger partial charge in [0.05, 0.1) is 0 Å². The van der Waals surface area contributed by atoms with Crippen molar-refractivity contribution in [3.05, 3.63) is 12.8 Å². The van der Waals surface area contributed by atoms with E-state index in [2.05, 4.69) is 17.2 Å². The van der Waals surface area contributed by atoms with Gasteiger partial charge in [0.25, 0.3) is 0 Å². The van der Waals surface area contributed by atoms with Crippen molar-refractivity contribution >= 4 is 6.03 Å². The van der Waals surface area contributed by atoms with Crippen LogP contribution in [0.2, 0.25) is 0 Å². The number of urea groups is 1. The van der Waals surface area contributed by atoms with Crippen LogP contribution in [0.3, 0.4) is 0 Å². The summed E-state index contributed by atoms with van der Waals surface area (Å²) < 4.78 is 0. The Bertz CT molecular complexity index is 81.0. The Kier molecular flexibility index (Phi) is 2.50. The fourth-order valence-electron chi connectivity index (χ4n) is 0.0997. The number of primary amides is 1. The topological polar surface area (TPSA) is 64.3 Å². The minimum atomic E-state index is -0.736. The van der Waals surface area contributed by atoms with Crippen molar-refractivity contribution in [1.29, 1.82) is 0 Å². The van der Waals surface area contributed by atoms with Crippen LogP contribution in [-0.2, 0) is 4.84 Å². The fourth-order valence-corrected chi connectivity index (χ4v) is 0.0997. The average Bonchev–Trinajstić information content (AvgIpc) is 1.61. The van der Waals surface area contributed by atoms with Crippen molar-refractivity contribution in [2.45, 2.75) is 0 Å². The third-order valence-corrected chi connectivity index (χ3v) is 0.243. The first-order chi connectivity index (χ1) is 3.27. The van der Waals surface area contributed by atoms with E-state index in [0.29, 0.717) is 0 Å². The summed E-state index contributed by atoms with van der Waals surface area (Å²) in [7, 11) is 0. The van der Waals surface area contributed by atoms with Crippen molar-refractivity contribution < 1.29 is 9.63 Å². The van der Waals surface area contributed by atoms with Gasteiger partial charge in [-0.15, -0.1) is 0 Å². The Morgan fingerprint density at radius 2 is 2.57 bits per heavy atom. The highest BCUT2D eigenvalue weighted by Crippen LogP contribution is 1.60. The maximum absolute atomic E-state index is 9.70. The Morgan fingerprint density at radius 3 is 2.71 bits per heavy atom. The number of nitrogens with one attached hydrogen (secondary N) is 1. The molecule has 0 radical (unpaired) electrons. The smallest absolute Gasteiger partial charge is 0.345 e. The Hall–Kier alpha value is -1.19. The van der Waals surface area contributed by atoms with Crippen LogP contribution < -0.4 is 11.2 Å². The number of amides is 2. The zero-order valence-electron chi connectivity index (χ0n) is 3.68. The quantitative estimate of drug-likeness (QED) is 0.372. The molecule has 0 rings (SSSR count). The molecular formula is C3H6N2O2. The molecule has 0 aliphatic rings. The molecule has 0 aliphatic heterocycles. The van der Waals surface area contributed by atoms with Crippen LogP contribution in [0.25, 0.3) is 0 Å². The summed E-state index contributed by atoms with van der Waals surface area (Å²) in [6, 6.07) is -0.736. The minimum Gasteiger partial charge on any atom is -0.387 e. The number of hydroxylamine groups is 1. The van der Waals surface area contributed by atoms with Crippen LogP contribution in [0.15, 0.2) is 12.8 Å². The molecule has 0 heterocycles. The third kappa shape index (κ3) is 4.81. The van der Waals surface area contributed by atoms with Gasteiger partial charge in [0, 0.05) is 0 Å². The molecule has 4 nitrogen and oxygen atoms in total. The van der Waals surface area contributed by atoms with Crippen LogP contribution in [0.5, 0.6) is 0 Å². The molecule has 0 saturated heterocycles. The molecule has 2 amide bonds. The monoisotopic (exact) mass is 102 g/mol. The van der Waals surface area contributed by atoms with Gasteiger partial charge in [0.1, 0.15) is 6.26 Å². The summed E-state index contributed by atoms with van der Waals surface area (Å²) in [4.78, 5) is 13.8. The maximum Gasteiger partial charge on any atom is 0.345 e. The van der Waals surface area contributed by atoms with Gasteiger partial charge in [-0.3, -0.25) is 0 Å². The lowest BCUT2D eigenvalue weighted by Crippen LogP contribution is -2.27. The average molecular weight is 102 g/mol. The fraction of sp³-hybridized carbons (Fsp3) is 0. The molecular weight excluding hydrogens is 96.0 g/mol. The lowest BCUT2D eigenvalue weighted by Gasteiger charge is -1.93. The van der Waals surface area contributed by atoms with Crippen molar-refractivity contribution in [1.82, 2.24) is 5.48 Å². The Balaban J connectivity index is 2.97. The van der Waals surface area contributed by atoms with Gasteiger partial charge >= 0.3 is 6.03 Å². The summed E-state index contributed by atoms with van der Waals surface area (Å²) in [6.07, 6.45) is 1.06. The largest absolute Gasteiger partial charge is 0.387 e. The number of carbonyl (C=O) groups is 1. The maximum atomic E-state index is 9.70. The summed E-state index contributed by atoms with van der Waals surface area (Å²) in [5.74, 6) is 0. The molecule has 0 aliphatic carbocycles. The molecule has 0 saturated carbocycles. The van der Waals surface area contributed by atoms with Gasteiger partial charge in [-0.25, -0.2) is 4.79 Å². The van der Waals surface area contributed by atoms with Crippen molar-refractivity contribution in [3.8, 4) is 0 Å². The van der Waals surface area contributed by atoms with E-state index in [9.17, 15) is 4.79 Å². The van der Waals surface area contributed by atoms with E-state index >= 15 is 0 Å². The van der Waals surface area contributed by atoms with E-state index in [-0.39, 0.29) is 0 Å². The van der Waals surface area contributed by atoms with E-state index in [4.69, 9.17) is 0 Å². The molecule has 40 valence electrons. The van der Waals surface area contributed by atoms with Crippen LogP contribution in [0.4, 0.5) is 4.79 Å². The van der Waals surface area contributed by atoms with Gasteiger partial charge < -0.3 is 10.6 Å². The minimum absolute atomic E-state index is 0.736. The Morgan fingerprint density at radius 1 is 2.00 bits per heavy atom. The highest BCUT2D eigenvalue weighted by molar-refractivity contribution is 5.70. The highest BCUT2D eigenvalue weighted by atomic mass is 16.6. The molecule has 7 heavy (non-hydrogen) atoms. The van der Waals surface area contributed by atoms with E-state index in [0.717, 1.165) is 6.26 Å². The van der Waals surface area contributed by atoms with Crippen LogP contribution in [-0.4, -0.2) is 6.03 Å². The first-order valence-electron chi connectivity index (χ1n) is 1.59. The number of rotatable bonds is 2. The molecule has 0 atom stereocenters. The van der Waals surface area contributed by atoms with Crippen LogP contribution >= 0.6 is 0 Å². The summed E-state index contributed by atoms with van der Waals surface area (Å²) >= 11 is 0. The Labute approximate surface area is 40.9 Å². The lowest BCUT2D eigenvalue weighted by atomic mass is 11.1. The molecule has 0 aromatic rings. The number of carbonyl (C=O) groups excluding carboxylic acids is 1. The van der Waals surface area contributed by atoms with Gasteiger partial charge in [-0.05, 0) is 0 Å². The summed E-state index contributed by atoms with van der Waals surface area (Å²) in [5.41, 5.74) is 6.37. The normalized spacial score (nSPS) is 6.86. The third-order valence-electron chi connectivity index (χ3n) is 0.243. The number of hydrogen-bond donors (Lipinski definition) is 2. The van der Waals surface area contributed by atoms with Gasteiger partial charge in [-0.2, -0.15) is 5.48 Å². The molecule has 4 heteroatoms. The second-order valence-corrected chi connectivity index (χ2v) is 0.751. The lowest BCUT2D eigenvalue weighted by molar-refractivity contribution is 0.148. The first-order valence-corrected chi connectivity index (χ1v) is 1.59. The molecule has 3 N–H and O–H groups in total. The predicted molar refractivity (Wildman–Crippen MR) is 24.0 cm³/mol. The first kappa shape index (κ1) is 5.81. The second-order valence-electron chi connectivity index (χ2n) is 0.751. The van der Waals surface area contributed by atoms with Crippen molar-refractivity contribution in [2.24, 2.45) is 5.73 Å². The van der Waals surface area contributed by atoms with Crippen molar-refractivity contribution in [2.75, 3.05) is 0 Å². The van der Waals surface area contributed by atoms with Crippen LogP contribution in [0, 0.1) is 0 Å². The van der Waals surface area contributed by atoms with Gasteiger partial charge in [-0.1, -0.05) is 6.58 Å². The number of hydrogen-bond acceptors (Lipinski definition) is 2. The zero-order valence-corrected chi connectivity index (χ0v) is 3.68. The van der Waals surface area contributed by atoms with E-state index in [1.165, 1.54) is 0 Å². The molecule has 0 bridgehead atoms. The zero-order chi connectivity index (χ0) is 5.70.